The minimum absolute atomic E-state index is 0.0663. The molecule has 0 bridgehead atoms. The Kier molecular flexibility index (Phi) is 3.88. The van der Waals surface area contributed by atoms with Gasteiger partial charge in [0.2, 0.25) is 5.91 Å². The third kappa shape index (κ3) is 2.70. The third-order valence-corrected chi connectivity index (χ3v) is 2.45. The Hall–Kier alpha value is -1.10. The standard InChI is InChI=1S/C9H16N2O3/c1-2-7(9(13)14)11-8(12)6-3-4-10-5-6/h6-7,10H,2-5H2,1H3,(H,11,12)(H,13,14). The summed E-state index contributed by atoms with van der Waals surface area (Å²) in [5, 5.41) is 14.3. The molecule has 1 saturated heterocycles. The Morgan fingerprint density at radius 3 is 2.79 bits per heavy atom. The minimum atomic E-state index is -0.966. The number of carboxylic acids is 1. The van der Waals surface area contributed by atoms with E-state index in [0.717, 1.165) is 13.0 Å². The van der Waals surface area contributed by atoms with E-state index in [1.807, 2.05) is 0 Å². The maximum Gasteiger partial charge on any atom is 0.326 e. The smallest absolute Gasteiger partial charge is 0.326 e. The number of carbonyl (C=O) groups is 2. The maximum atomic E-state index is 11.5. The van der Waals surface area contributed by atoms with Gasteiger partial charge in [0, 0.05) is 6.54 Å². The number of carboxylic acid groups (broad SMARTS) is 1. The zero-order valence-electron chi connectivity index (χ0n) is 8.25. The molecule has 2 unspecified atom stereocenters. The first-order chi connectivity index (χ1) is 6.65. The van der Waals surface area contributed by atoms with Gasteiger partial charge < -0.3 is 15.7 Å². The van der Waals surface area contributed by atoms with E-state index in [-0.39, 0.29) is 11.8 Å². The van der Waals surface area contributed by atoms with Crippen molar-refractivity contribution < 1.29 is 14.7 Å². The molecule has 1 amide bonds. The molecule has 1 heterocycles. The van der Waals surface area contributed by atoms with Gasteiger partial charge in [0.05, 0.1) is 5.92 Å². The first-order valence-corrected chi connectivity index (χ1v) is 4.89. The van der Waals surface area contributed by atoms with Crippen LogP contribution >= 0.6 is 0 Å². The van der Waals surface area contributed by atoms with Crippen molar-refractivity contribution in [1.82, 2.24) is 10.6 Å². The Balaban J connectivity index is 2.41. The second-order valence-corrected chi connectivity index (χ2v) is 3.50. The largest absolute Gasteiger partial charge is 0.480 e. The molecule has 1 aliphatic heterocycles. The number of hydrogen-bond donors (Lipinski definition) is 3. The molecule has 5 heteroatoms. The maximum absolute atomic E-state index is 11.5. The number of nitrogens with one attached hydrogen (secondary N) is 2. The summed E-state index contributed by atoms with van der Waals surface area (Å²) in [6, 6.07) is -0.747. The highest BCUT2D eigenvalue weighted by Gasteiger charge is 2.26. The second-order valence-electron chi connectivity index (χ2n) is 3.50. The highest BCUT2D eigenvalue weighted by atomic mass is 16.4. The van der Waals surface area contributed by atoms with E-state index in [9.17, 15) is 9.59 Å². The number of aliphatic carboxylic acids is 1. The summed E-state index contributed by atoms with van der Waals surface area (Å²) in [5.41, 5.74) is 0. The summed E-state index contributed by atoms with van der Waals surface area (Å²) in [7, 11) is 0. The predicted molar refractivity (Wildman–Crippen MR) is 50.8 cm³/mol. The van der Waals surface area contributed by atoms with Crippen LogP contribution < -0.4 is 10.6 Å². The van der Waals surface area contributed by atoms with Crippen LogP contribution in [0.5, 0.6) is 0 Å². The van der Waals surface area contributed by atoms with E-state index >= 15 is 0 Å². The van der Waals surface area contributed by atoms with E-state index in [4.69, 9.17) is 5.11 Å². The van der Waals surface area contributed by atoms with Gasteiger partial charge in [-0.3, -0.25) is 4.79 Å². The fourth-order valence-corrected chi connectivity index (χ4v) is 1.51. The molecule has 0 aliphatic carbocycles. The average Bonchev–Trinajstić information content (AvgIpc) is 2.65. The van der Waals surface area contributed by atoms with Gasteiger partial charge in [-0.1, -0.05) is 6.92 Å². The minimum Gasteiger partial charge on any atom is -0.480 e. The number of hydrogen-bond acceptors (Lipinski definition) is 3. The molecule has 0 aromatic heterocycles. The van der Waals surface area contributed by atoms with Gasteiger partial charge in [-0.2, -0.15) is 0 Å². The molecule has 0 aromatic carbocycles. The highest BCUT2D eigenvalue weighted by Crippen LogP contribution is 2.07. The summed E-state index contributed by atoms with van der Waals surface area (Å²) in [4.78, 5) is 22.2. The van der Waals surface area contributed by atoms with Crippen molar-refractivity contribution in [3.05, 3.63) is 0 Å². The summed E-state index contributed by atoms with van der Waals surface area (Å²) >= 11 is 0. The molecule has 0 radical (unpaired) electrons. The molecular formula is C9H16N2O3. The van der Waals surface area contributed by atoms with Crippen LogP contribution in [-0.2, 0) is 9.59 Å². The monoisotopic (exact) mass is 200 g/mol. The van der Waals surface area contributed by atoms with E-state index < -0.39 is 12.0 Å². The van der Waals surface area contributed by atoms with E-state index in [1.54, 1.807) is 6.92 Å². The molecule has 0 spiro atoms. The van der Waals surface area contributed by atoms with Gasteiger partial charge in [0.25, 0.3) is 0 Å². The van der Waals surface area contributed by atoms with E-state index in [1.165, 1.54) is 0 Å². The molecule has 2 atom stereocenters. The zero-order chi connectivity index (χ0) is 10.6. The number of amides is 1. The lowest BCUT2D eigenvalue weighted by Crippen LogP contribution is -2.43. The molecule has 1 fully saturated rings. The lowest BCUT2D eigenvalue weighted by Gasteiger charge is -2.15. The summed E-state index contributed by atoms with van der Waals surface area (Å²) in [5.74, 6) is -1.18. The summed E-state index contributed by atoms with van der Waals surface area (Å²) in [6.45, 7) is 3.23. The van der Waals surface area contributed by atoms with E-state index in [0.29, 0.717) is 13.0 Å². The molecule has 14 heavy (non-hydrogen) atoms. The second kappa shape index (κ2) is 4.95. The zero-order valence-corrected chi connectivity index (χ0v) is 8.25. The molecule has 1 aliphatic rings. The molecule has 3 N–H and O–H groups in total. The summed E-state index contributed by atoms with van der Waals surface area (Å²) in [6.07, 6.45) is 1.21. The van der Waals surface area contributed by atoms with Crippen LogP contribution in [-0.4, -0.2) is 36.1 Å². The molecule has 80 valence electrons. The van der Waals surface area contributed by atoms with Gasteiger partial charge in [-0.25, -0.2) is 4.79 Å². The van der Waals surface area contributed by atoms with Crippen LogP contribution in [0.15, 0.2) is 0 Å². The molecule has 0 saturated carbocycles. The Morgan fingerprint density at radius 1 is 1.64 bits per heavy atom. The summed E-state index contributed by atoms with van der Waals surface area (Å²) < 4.78 is 0. The Labute approximate surface area is 82.9 Å². The van der Waals surface area contributed by atoms with Crippen LogP contribution in [0.3, 0.4) is 0 Å². The van der Waals surface area contributed by atoms with Gasteiger partial charge in [0.15, 0.2) is 0 Å². The SMILES string of the molecule is CCC(NC(=O)C1CCNC1)C(=O)O. The predicted octanol–water partition coefficient (Wildman–Crippen LogP) is -0.425. The molecule has 5 nitrogen and oxygen atoms in total. The quantitative estimate of drug-likeness (QED) is 0.575. The molecule has 0 aromatic rings. The van der Waals surface area contributed by atoms with Crippen molar-refractivity contribution >= 4 is 11.9 Å². The Bertz CT molecular complexity index is 224. The first kappa shape index (κ1) is 11.0. The topological polar surface area (TPSA) is 78.4 Å². The molecule has 1 rings (SSSR count). The van der Waals surface area contributed by atoms with Gasteiger partial charge in [-0.05, 0) is 19.4 Å². The van der Waals surface area contributed by atoms with Crippen LogP contribution in [0.4, 0.5) is 0 Å². The normalized spacial score (nSPS) is 23.1. The number of carbonyl (C=O) groups excluding carboxylic acids is 1. The van der Waals surface area contributed by atoms with Crippen LogP contribution in [0.1, 0.15) is 19.8 Å². The lowest BCUT2D eigenvalue weighted by molar-refractivity contribution is -0.142. The van der Waals surface area contributed by atoms with Gasteiger partial charge >= 0.3 is 5.97 Å². The first-order valence-electron chi connectivity index (χ1n) is 4.89. The fraction of sp³-hybridized carbons (Fsp3) is 0.778. The molecular weight excluding hydrogens is 184 g/mol. The van der Waals surface area contributed by atoms with Crippen molar-refractivity contribution in [1.29, 1.82) is 0 Å². The Morgan fingerprint density at radius 2 is 2.36 bits per heavy atom. The average molecular weight is 200 g/mol. The van der Waals surface area contributed by atoms with Crippen molar-refractivity contribution in [3.63, 3.8) is 0 Å². The van der Waals surface area contributed by atoms with Crippen LogP contribution in [0, 0.1) is 5.92 Å². The van der Waals surface area contributed by atoms with Crippen molar-refractivity contribution in [2.24, 2.45) is 5.92 Å². The highest BCUT2D eigenvalue weighted by molar-refractivity contribution is 5.85. The van der Waals surface area contributed by atoms with Gasteiger partial charge in [-0.15, -0.1) is 0 Å². The van der Waals surface area contributed by atoms with Crippen LogP contribution in [0.2, 0.25) is 0 Å². The number of rotatable bonds is 4. The van der Waals surface area contributed by atoms with E-state index in [2.05, 4.69) is 10.6 Å². The van der Waals surface area contributed by atoms with Crippen molar-refractivity contribution in [2.75, 3.05) is 13.1 Å². The van der Waals surface area contributed by atoms with Crippen molar-refractivity contribution in [2.45, 2.75) is 25.8 Å². The third-order valence-electron chi connectivity index (χ3n) is 2.45. The lowest BCUT2D eigenvalue weighted by atomic mass is 10.1. The van der Waals surface area contributed by atoms with Crippen molar-refractivity contribution in [3.8, 4) is 0 Å². The fourth-order valence-electron chi connectivity index (χ4n) is 1.51. The van der Waals surface area contributed by atoms with Gasteiger partial charge in [0.1, 0.15) is 6.04 Å². The van der Waals surface area contributed by atoms with Crippen LogP contribution in [0.25, 0.3) is 0 Å².